The molecule has 18 heavy (non-hydrogen) atoms. The predicted molar refractivity (Wildman–Crippen MR) is 88.3 cm³/mol. The van der Waals surface area contributed by atoms with Crippen LogP contribution >= 0.6 is 38.5 Å². The molecule has 1 unspecified atom stereocenters. The lowest BCUT2D eigenvalue weighted by atomic mass is 9.99. The van der Waals surface area contributed by atoms with E-state index in [1.54, 1.807) is 0 Å². The summed E-state index contributed by atoms with van der Waals surface area (Å²) < 4.78 is 1.08. The normalized spacial score (nSPS) is 12.5. The van der Waals surface area contributed by atoms with Crippen molar-refractivity contribution < 1.29 is 4.79 Å². The molecule has 100 valence electrons. The Kier molecular flexibility index (Phi) is 7.22. The lowest BCUT2D eigenvalue weighted by molar-refractivity contribution is 0.0952. The molecule has 0 saturated heterocycles. The van der Waals surface area contributed by atoms with Gasteiger partial charge in [0.1, 0.15) is 0 Å². The highest BCUT2D eigenvalue weighted by Gasteiger charge is 2.16. The van der Waals surface area contributed by atoms with Crippen molar-refractivity contribution in [3.63, 3.8) is 0 Å². The Bertz CT molecular complexity index is 393. The van der Waals surface area contributed by atoms with E-state index in [2.05, 4.69) is 57.7 Å². The minimum absolute atomic E-state index is 0.00363. The first kappa shape index (κ1) is 16.0. The van der Waals surface area contributed by atoms with E-state index in [1.807, 2.05) is 24.3 Å². The van der Waals surface area contributed by atoms with Crippen molar-refractivity contribution in [2.24, 2.45) is 5.92 Å². The van der Waals surface area contributed by atoms with Crippen LogP contribution in [0.15, 0.2) is 24.3 Å². The van der Waals surface area contributed by atoms with Gasteiger partial charge >= 0.3 is 0 Å². The van der Waals surface area contributed by atoms with Crippen LogP contribution in [0.1, 0.15) is 37.0 Å². The van der Waals surface area contributed by atoms with Crippen LogP contribution in [0.5, 0.6) is 0 Å². The first-order valence-corrected chi connectivity index (χ1v) is 8.25. The molecule has 0 aliphatic carbocycles. The second-order valence-electron chi connectivity index (χ2n) is 4.31. The molecule has 1 atom stereocenters. The van der Waals surface area contributed by atoms with Gasteiger partial charge in [-0.3, -0.25) is 4.79 Å². The molecule has 1 rings (SSSR count). The summed E-state index contributed by atoms with van der Waals surface area (Å²) in [7, 11) is 0. The minimum Gasteiger partial charge on any atom is -0.351 e. The summed E-state index contributed by atoms with van der Waals surface area (Å²) in [5.74, 6) is 0.616. The largest absolute Gasteiger partial charge is 0.351 e. The van der Waals surface area contributed by atoms with Gasteiger partial charge in [-0.25, -0.2) is 0 Å². The van der Waals surface area contributed by atoms with Crippen LogP contribution < -0.4 is 5.32 Å². The van der Waals surface area contributed by atoms with Crippen LogP contribution in [-0.4, -0.2) is 17.3 Å². The lowest BCUT2D eigenvalue weighted by Gasteiger charge is -2.19. The number of carbonyl (C=O) groups excluding carboxylic acids is 1. The standard InChI is InChI=1S/C14H19BrINO/c1-3-10(4-2)13(15)9-17-14(18)11-6-5-7-12(16)8-11/h5-8,10,13H,3-4,9H2,1-2H3,(H,17,18). The summed E-state index contributed by atoms with van der Waals surface area (Å²) in [5.41, 5.74) is 0.728. The van der Waals surface area contributed by atoms with Crippen molar-refractivity contribution in [1.29, 1.82) is 0 Å². The van der Waals surface area contributed by atoms with Crippen molar-refractivity contribution in [2.75, 3.05) is 6.54 Å². The average molecular weight is 424 g/mol. The molecule has 0 fully saturated rings. The van der Waals surface area contributed by atoms with E-state index in [9.17, 15) is 4.79 Å². The van der Waals surface area contributed by atoms with Crippen molar-refractivity contribution in [3.8, 4) is 0 Å². The third-order valence-electron chi connectivity index (χ3n) is 3.10. The molecule has 1 aromatic carbocycles. The molecule has 0 aliphatic rings. The molecule has 4 heteroatoms. The first-order chi connectivity index (χ1) is 8.58. The van der Waals surface area contributed by atoms with Gasteiger partial charge in [0, 0.05) is 20.5 Å². The number of hydrogen-bond donors (Lipinski definition) is 1. The van der Waals surface area contributed by atoms with Crippen LogP contribution in [-0.2, 0) is 0 Å². The molecule has 0 spiro atoms. The highest BCUT2D eigenvalue weighted by Crippen LogP contribution is 2.19. The molecule has 2 nitrogen and oxygen atoms in total. The number of hydrogen-bond acceptors (Lipinski definition) is 1. The zero-order valence-corrected chi connectivity index (χ0v) is 14.5. The molecule has 0 bridgehead atoms. The van der Waals surface area contributed by atoms with Crippen LogP contribution in [0, 0.1) is 9.49 Å². The van der Waals surface area contributed by atoms with Gasteiger partial charge in [-0.15, -0.1) is 0 Å². The molecule has 1 amide bonds. The average Bonchev–Trinajstić information content (AvgIpc) is 2.37. The van der Waals surface area contributed by atoms with Crippen LogP contribution in [0.3, 0.4) is 0 Å². The second-order valence-corrected chi connectivity index (χ2v) is 6.73. The highest BCUT2D eigenvalue weighted by atomic mass is 127. The van der Waals surface area contributed by atoms with E-state index in [1.165, 1.54) is 0 Å². The molecule has 0 heterocycles. The number of carbonyl (C=O) groups is 1. The van der Waals surface area contributed by atoms with Gasteiger partial charge in [0.2, 0.25) is 0 Å². The zero-order chi connectivity index (χ0) is 13.5. The van der Waals surface area contributed by atoms with Gasteiger partial charge in [0.05, 0.1) is 0 Å². The molecule has 0 aromatic heterocycles. The van der Waals surface area contributed by atoms with E-state index in [0.717, 1.165) is 22.0 Å². The van der Waals surface area contributed by atoms with Gasteiger partial charge in [0.15, 0.2) is 0 Å². The minimum atomic E-state index is 0.00363. The molecule has 0 aliphatic heterocycles. The molecule has 0 radical (unpaired) electrons. The van der Waals surface area contributed by atoms with Crippen LogP contribution in [0.2, 0.25) is 0 Å². The number of nitrogens with one attached hydrogen (secondary N) is 1. The van der Waals surface area contributed by atoms with Crippen molar-refractivity contribution in [1.82, 2.24) is 5.32 Å². The molecular weight excluding hydrogens is 405 g/mol. The van der Waals surface area contributed by atoms with E-state index in [4.69, 9.17) is 0 Å². The highest BCUT2D eigenvalue weighted by molar-refractivity contribution is 14.1. The Balaban J connectivity index is 2.51. The van der Waals surface area contributed by atoms with E-state index >= 15 is 0 Å². The SMILES string of the molecule is CCC(CC)C(Br)CNC(=O)c1cccc(I)c1. The zero-order valence-electron chi connectivity index (χ0n) is 10.7. The van der Waals surface area contributed by atoms with Gasteiger partial charge in [-0.1, -0.05) is 48.7 Å². The van der Waals surface area contributed by atoms with Crippen molar-refractivity contribution in [3.05, 3.63) is 33.4 Å². The summed E-state index contributed by atoms with van der Waals surface area (Å²) >= 11 is 5.88. The topological polar surface area (TPSA) is 29.1 Å². The summed E-state index contributed by atoms with van der Waals surface area (Å²) in [6.45, 7) is 5.05. The Morgan fingerprint density at radius 3 is 2.61 bits per heavy atom. The number of benzene rings is 1. The van der Waals surface area contributed by atoms with E-state index in [-0.39, 0.29) is 5.91 Å². The van der Waals surface area contributed by atoms with Gasteiger partial charge in [0.25, 0.3) is 5.91 Å². The smallest absolute Gasteiger partial charge is 0.251 e. The first-order valence-electron chi connectivity index (χ1n) is 6.26. The number of halogens is 2. The maximum absolute atomic E-state index is 12.0. The van der Waals surface area contributed by atoms with E-state index < -0.39 is 0 Å². The summed E-state index contributed by atoms with van der Waals surface area (Å²) in [5, 5.41) is 2.99. The summed E-state index contributed by atoms with van der Waals surface area (Å²) in [6.07, 6.45) is 2.26. The predicted octanol–water partition coefficient (Wildman–Crippen LogP) is 4.22. The monoisotopic (exact) mass is 423 g/mol. The Hall–Kier alpha value is -0.100. The lowest BCUT2D eigenvalue weighted by Crippen LogP contribution is -2.32. The Morgan fingerprint density at radius 2 is 2.06 bits per heavy atom. The summed E-state index contributed by atoms with van der Waals surface area (Å²) in [6, 6.07) is 7.63. The summed E-state index contributed by atoms with van der Waals surface area (Å²) in [4.78, 5) is 12.3. The van der Waals surface area contributed by atoms with E-state index in [0.29, 0.717) is 17.3 Å². The maximum Gasteiger partial charge on any atom is 0.251 e. The number of amides is 1. The van der Waals surface area contributed by atoms with Crippen molar-refractivity contribution >= 4 is 44.4 Å². The van der Waals surface area contributed by atoms with Gasteiger partial charge < -0.3 is 5.32 Å². The fraction of sp³-hybridized carbons (Fsp3) is 0.500. The second kappa shape index (κ2) is 8.15. The fourth-order valence-electron chi connectivity index (χ4n) is 1.89. The number of rotatable bonds is 6. The molecule has 1 N–H and O–H groups in total. The van der Waals surface area contributed by atoms with Crippen LogP contribution in [0.25, 0.3) is 0 Å². The quantitative estimate of drug-likeness (QED) is 0.538. The maximum atomic E-state index is 12.0. The Labute approximate surface area is 131 Å². The molecular formula is C14H19BrINO. The van der Waals surface area contributed by atoms with Gasteiger partial charge in [-0.05, 0) is 46.7 Å². The molecule has 0 saturated carbocycles. The van der Waals surface area contributed by atoms with Crippen LogP contribution in [0.4, 0.5) is 0 Å². The third-order valence-corrected chi connectivity index (χ3v) is 4.85. The Morgan fingerprint density at radius 1 is 1.39 bits per heavy atom. The van der Waals surface area contributed by atoms with Gasteiger partial charge in [-0.2, -0.15) is 0 Å². The third kappa shape index (κ3) is 4.88. The molecule has 1 aromatic rings. The fourth-order valence-corrected chi connectivity index (χ4v) is 3.34. The number of alkyl halides is 1. The van der Waals surface area contributed by atoms with Crippen molar-refractivity contribution in [2.45, 2.75) is 31.5 Å².